The predicted octanol–water partition coefficient (Wildman–Crippen LogP) is 5.08. The maximum atomic E-state index is 11.6. The summed E-state index contributed by atoms with van der Waals surface area (Å²) < 4.78 is 0. The number of aliphatic hydroxyl groups excluding tert-OH is 1. The molecule has 61 heavy (non-hydrogen) atoms. The highest BCUT2D eigenvalue weighted by Crippen LogP contribution is 2.16. The molecule has 1 N–H and O–H groups in total. The number of nitrogens with zero attached hydrogens (tertiary/aromatic N) is 5. The van der Waals surface area contributed by atoms with Crippen molar-refractivity contribution in [3.05, 3.63) is 0 Å². The van der Waals surface area contributed by atoms with E-state index in [1.54, 1.807) is 14.7 Å². The summed E-state index contributed by atoms with van der Waals surface area (Å²) in [7, 11) is 0. The molecular weight excluding hydrogens is 771 g/mol. The highest BCUT2D eigenvalue weighted by Gasteiger charge is 2.20. The molecule has 0 aromatic rings. The number of unbranched alkanes of at least 4 members (excludes halogenated alkanes) is 26. The van der Waals surface area contributed by atoms with E-state index in [1.807, 2.05) is 0 Å². The third-order valence-corrected chi connectivity index (χ3v) is 12.6. The number of rotatable bonds is 40. The number of carbonyl (C=O) groups is 3. The van der Waals surface area contributed by atoms with Gasteiger partial charge in [-0.3, -0.25) is 19.6 Å². The first-order chi connectivity index (χ1) is 29.6. The lowest BCUT2D eigenvalue weighted by atomic mass is 10.0. The van der Waals surface area contributed by atoms with E-state index in [9.17, 15) is 34.8 Å². The molecular formula is C49H94N5O7-3. The van der Waals surface area contributed by atoms with E-state index in [4.69, 9.17) is 0 Å². The van der Waals surface area contributed by atoms with Gasteiger partial charge in [0.05, 0.1) is 24.0 Å². The zero-order chi connectivity index (χ0) is 44.6. The van der Waals surface area contributed by atoms with Crippen molar-refractivity contribution in [3.63, 3.8) is 0 Å². The molecule has 1 atom stereocenters. The average molecular weight is 865 g/mol. The number of carboxylic acid groups (broad SMARTS) is 3. The fourth-order valence-electron chi connectivity index (χ4n) is 8.79. The van der Waals surface area contributed by atoms with Crippen LogP contribution in [-0.2, 0) is 14.4 Å². The zero-order valence-electron chi connectivity index (χ0n) is 39.6. The van der Waals surface area contributed by atoms with Crippen LogP contribution >= 0.6 is 0 Å². The summed E-state index contributed by atoms with van der Waals surface area (Å²) in [6.07, 6.45) is 36.5. The summed E-state index contributed by atoms with van der Waals surface area (Å²) >= 11 is 0. The molecule has 1 rings (SSSR count). The van der Waals surface area contributed by atoms with E-state index in [0.29, 0.717) is 52.4 Å². The van der Waals surface area contributed by atoms with E-state index >= 15 is 0 Å². The minimum atomic E-state index is -1.24. The smallest absolute Gasteiger partial charge is 0.0793 e. The molecule has 0 aliphatic carbocycles. The summed E-state index contributed by atoms with van der Waals surface area (Å²) in [6.45, 7) is 9.48. The van der Waals surface area contributed by atoms with E-state index in [0.717, 1.165) is 25.9 Å². The van der Waals surface area contributed by atoms with Crippen molar-refractivity contribution in [2.45, 2.75) is 200 Å². The van der Waals surface area contributed by atoms with Crippen LogP contribution in [0, 0.1) is 0 Å². The Hall–Kier alpha value is -1.83. The fraction of sp³-hybridized carbons (Fsp3) is 0.939. The van der Waals surface area contributed by atoms with Gasteiger partial charge in [0.1, 0.15) is 0 Å². The number of carboxylic acids is 3. The van der Waals surface area contributed by atoms with Crippen LogP contribution in [-0.4, -0.2) is 152 Å². The first kappa shape index (κ1) is 57.2. The Morgan fingerprint density at radius 1 is 0.410 bits per heavy atom. The summed E-state index contributed by atoms with van der Waals surface area (Å²) in [5, 5.41) is 46.2. The summed E-state index contributed by atoms with van der Waals surface area (Å²) in [6, 6.07) is 0. The molecule has 0 spiro atoms. The highest BCUT2D eigenvalue weighted by atomic mass is 16.4. The van der Waals surface area contributed by atoms with Crippen molar-refractivity contribution >= 4 is 17.9 Å². The van der Waals surface area contributed by atoms with Gasteiger partial charge in [0.2, 0.25) is 0 Å². The van der Waals surface area contributed by atoms with Crippen molar-refractivity contribution < 1.29 is 34.8 Å². The van der Waals surface area contributed by atoms with Crippen LogP contribution in [0.2, 0.25) is 0 Å². The number of hydrogen-bond acceptors (Lipinski definition) is 12. The summed E-state index contributed by atoms with van der Waals surface area (Å²) in [5.41, 5.74) is 0. The van der Waals surface area contributed by atoms with Crippen LogP contribution in [0.15, 0.2) is 0 Å². The van der Waals surface area contributed by atoms with Crippen molar-refractivity contribution in [2.24, 2.45) is 0 Å². The topological polar surface area (TPSA) is 157 Å². The van der Waals surface area contributed by atoms with Gasteiger partial charge in [0.15, 0.2) is 0 Å². The largest absolute Gasteiger partial charge is 0.549 e. The Labute approximate surface area is 374 Å². The SMILES string of the molecule is CCCCCCCCCCCCCCCCN(CCCCCCCCCCCCCCCC)CC(O)CN1CCN(CC(=O)[O-])CCN(CC(=O)[O-])CCN(CC(=O)[O-])CC1. The molecule has 360 valence electrons. The van der Waals surface area contributed by atoms with Gasteiger partial charge in [-0.25, -0.2) is 0 Å². The van der Waals surface area contributed by atoms with Gasteiger partial charge in [-0.2, -0.15) is 0 Å². The summed E-state index contributed by atoms with van der Waals surface area (Å²) in [4.78, 5) is 44.3. The van der Waals surface area contributed by atoms with Gasteiger partial charge in [-0.15, -0.1) is 0 Å². The standard InChI is InChI=1S/C49H97N5O7/c1-3-5-7-9-11-13-15-17-19-21-23-25-27-29-31-50(32-30-28-26-24-22-20-18-16-14-12-10-8-6-4-2)41-46(55)42-51-33-35-52(43-47(56)57)37-39-54(45-49(60)61)40-38-53(36-34-51)44-48(58)59/h46,55H,3-45H2,1-2H3,(H,56,57)(H,58,59)(H,60,61)/p-3. The number of aliphatic hydroxyl groups is 1. The van der Waals surface area contributed by atoms with Crippen LogP contribution in [0.25, 0.3) is 0 Å². The molecule has 1 aliphatic heterocycles. The lowest BCUT2D eigenvalue weighted by Crippen LogP contribution is -2.52. The van der Waals surface area contributed by atoms with Crippen LogP contribution in [0.3, 0.4) is 0 Å². The molecule has 0 radical (unpaired) electrons. The van der Waals surface area contributed by atoms with Gasteiger partial charge in [-0.1, -0.05) is 181 Å². The first-order valence-corrected chi connectivity index (χ1v) is 25.5. The van der Waals surface area contributed by atoms with Gasteiger partial charge < -0.3 is 39.7 Å². The second kappa shape index (κ2) is 40.9. The highest BCUT2D eigenvalue weighted by molar-refractivity contribution is 5.67. The Bertz CT molecular complexity index is 975. The van der Waals surface area contributed by atoms with Crippen molar-refractivity contribution in [1.82, 2.24) is 24.5 Å². The van der Waals surface area contributed by atoms with Gasteiger partial charge in [0.25, 0.3) is 0 Å². The third kappa shape index (κ3) is 37.3. The summed E-state index contributed by atoms with van der Waals surface area (Å²) in [5.74, 6) is -3.64. The number of aliphatic carboxylic acids is 3. The maximum Gasteiger partial charge on any atom is 0.0793 e. The Balaban J connectivity index is 2.70. The van der Waals surface area contributed by atoms with Crippen LogP contribution in [0.5, 0.6) is 0 Å². The van der Waals surface area contributed by atoms with Crippen molar-refractivity contribution in [3.8, 4) is 0 Å². The predicted molar refractivity (Wildman–Crippen MR) is 244 cm³/mol. The number of carbonyl (C=O) groups excluding carboxylic acids is 3. The second-order valence-electron chi connectivity index (χ2n) is 18.4. The number of hydrogen-bond donors (Lipinski definition) is 1. The lowest BCUT2D eigenvalue weighted by molar-refractivity contribution is -0.308. The normalized spacial score (nSPS) is 16.1. The molecule has 0 amide bonds. The average Bonchev–Trinajstić information content (AvgIpc) is 3.21. The molecule has 0 aromatic heterocycles. The van der Waals surface area contributed by atoms with E-state index in [2.05, 4.69) is 23.6 Å². The minimum absolute atomic E-state index is 0.279. The molecule has 0 aromatic carbocycles. The molecule has 1 unspecified atom stereocenters. The van der Waals surface area contributed by atoms with Gasteiger partial charge in [0, 0.05) is 85.1 Å². The molecule has 1 fully saturated rings. The molecule has 1 aliphatic rings. The monoisotopic (exact) mass is 865 g/mol. The molecule has 0 saturated carbocycles. The van der Waals surface area contributed by atoms with Gasteiger partial charge >= 0.3 is 0 Å². The van der Waals surface area contributed by atoms with Gasteiger partial charge in [-0.05, 0) is 25.9 Å². The second-order valence-corrected chi connectivity index (χ2v) is 18.4. The molecule has 1 saturated heterocycles. The van der Waals surface area contributed by atoms with Crippen LogP contribution < -0.4 is 15.3 Å². The Kier molecular flexibility index (Phi) is 38.4. The Morgan fingerprint density at radius 2 is 0.639 bits per heavy atom. The molecule has 0 bridgehead atoms. The van der Waals surface area contributed by atoms with E-state index in [-0.39, 0.29) is 32.7 Å². The zero-order valence-corrected chi connectivity index (χ0v) is 39.6. The Morgan fingerprint density at radius 3 is 0.885 bits per heavy atom. The molecule has 1 heterocycles. The number of β-amino-alcohol motifs (C(OH)–C–C–N with tert-alkyl or cyclic N) is 1. The molecule has 12 nitrogen and oxygen atoms in total. The maximum absolute atomic E-state index is 11.6. The van der Waals surface area contributed by atoms with E-state index in [1.165, 1.54) is 167 Å². The van der Waals surface area contributed by atoms with Crippen LogP contribution in [0.1, 0.15) is 194 Å². The van der Waals surface area contributed by atoms with Crippen molar-refractivity contribution in [2.75, 3.05) is 98.2 Å². The minimum Gasteiger partial charge on any atom is -0.549 e. The molecule has 12 heteroatoms. The first-order valence-electron chi connectivity index (χ1n) is 25.5. The van der Waals surface area contributed by atoms with E-state index < -0.39 is 24.0 Å². The van der Waals surface area contributed by atoms with Crippen molar-refractivity contribution in [1.29, 1.82) is 0 Å². The van der Waals surface area contributed by atoms with Crippen LogP contribution in [0.4, 0.5) is 0 Å². The third-order valence-electron chi connectivity index (χ3n) is 12.6. The lowest BCUT2D eigenvalue weighted by Gasteiger charge is -2.35. The quantitative estimate of drug-likeness (QED) is 0.0817. The fourth-order valence-corrected chi connectivity index (χ4v) is 8.79.